The van der Waals surface area contributed by atoms with Gasteiger partial charge in [0.2, 0.25) is 10.0 Å². The first-order valence-corrected chi connectivity index (χ1v) is 10.1. The van der Waals surface area contributed by atoms with Crippen LogP contribution in [0.4, 0.5) is 4.39 Å². The van der Waals surface area contributed by atoms with Gasteiger partial charge < -0.3 is 14.2 Å². The van der Waals surface area contributed by atoms with Crippen LogP contribution in [-0.2, 0) is 10.0 Å². The van der Waals surface area contributed by atoms with E-state index in [4.69, 9.17) is 14.2 Å². The van der Waals surface area contributed by atoms with E-state index in [1.165, 1.54) is 22.5 Å². The summed E-state index contributed by atoms with van der Waals surface area (Å²) in [6, 6.07) is 8.55. The molecule has 0 radical (unpaired) electrons. The average molecular weight is 407 g/mol. The predicted octanol–water partition coefficient (Wildman–Crippen LogP) is 3.33. The van der Waals surface area contributed by atoms with Crippen LogP contribution >= 0.6 is 0 Å². The Bertz CT molecular complexity index is 978. The van der Waals surface area contributed by atoms with Crippen molar-refractivity contribution >= 4 is 15.6 Å². The highest BCUT2D eigenvalue weighted by atomic mass is 32.2. The minimum absolute atomic E-state index is 0.0519. The van der Waals surface area contributed by atoms with Crippen molar-refractivity contribution in [1.82, 2.24) is 4.31 Å². The Morgan fingerprint density at radius 1 is 1.00 bits per heavy atom. The van der Waals surface area contributed by atoms with Crippen LogP contribution < -0.4 is 14.2 Å². The first-order chi connectivity index (χ1) is 13.4. The van der Waals surface area contributed by atoms with Crippen molar-refractivity contribution in [2.75, 3.05) is 34.4 Å². The van der Waals surface area contributed by atoms with Gasteiger partial charge in [-0.25, -0.2) is 12.8 Å². The summed E-state index contributed by atoms with van der Waals surface area (Å²) < 4.78 is 56.6. The third-order valence-electron chi connectivity index (χ3n) is 4.64. The molecule has 150 valence electrons. The van der Waals surface area contributed by atoms with E-state index in [9.17, 15) is 12.8 Å². The monoisotopic (exact) mass is 407 g/mol. The molecule has 0 amide bonds. The lowest BCUT2D eigenvalue weighted by molar-refractivity contribution is 0.372. The number of benzene rings is 2. The summed E-state index contributed by atoms with van der Waals surface area (Å²) in [7, 11) is 0.907. The summed E-state index contributed by atoms with van der Waals surface area (Å²) in [5.74, 6) is 1.19. The van der Waals surface area contributed by atoms with Crippen molar-refractivity contribution < 1.29 is 27.0 Å². The molecule has 1 aliphatic heterocycles. The molecule has 8 heteroatoms. The van der Waals surface area contributed by atoms with Gasteiger partial charge in [0, 0.05) is 25.2 Å². The molecule has 0 fully saturated rings. The van der Waals surface area contributed by atoms with E-state index in [1.54, 1.807) is 33.5 Å². The van der Waals surface area contributed by atoms with Crippen molar-refractivity contribution in [3.63, 3.8) is 0 Å². The SMILES string of the molecule is COc1cc(OC)c(C2=CCN(S(=O)(=O)c3cccc(F)c3)CC2)c(OC)c1. The molecule has 2 aromatic carbocycles. The molecule has 0 bridgehead atoms. The standard InChI is InChI=1S/C20H22FNO5S/c1-25-16-12-18(26-2)20(19(13-16)27-3)14-7-9-22(10-8-14)28(23,24)17-6-4-5-15(21)11-17/h4-7,11-13H,8-10H2,1-3H3. The molecule has 0 unspecified atom stereocenters. The van der Waals surface area contributed by atoms with Crippen LogP contribution in [0.3, 0.4) is 0 Å². The minimum atomic E-state index is -3.77. The van der Waals surface area contributed by atoms with E-state index in [2.05, 4.69) is 0 Å². The number of nitrogens with zero attached hydrogens (tertiary/aromatic N) is 1. The zero-order valence-electron chi connectivity index (χ0n) is 15.9. The van der Waals surface area contributed by atoms with E-state index in [1.807, 2.05) is 6.08 Å². The van der Waals surface area contributed by atoms with Gasteiger partial charge in [-0.15, -0.1) is 0 Å². The largest absolute Gasteiger partial charge is 0.496 e. The highest BCUT2D eigenvalue weighted by Gasteiger charge is 2.28. The molecule has 2 aromatic rings. The molecule has 6 nitrogen and oxygen atoms in total. The van der Waals surface area contributed by atoms with E-state index in [0.717, 1.165) is 17.2 Å². The molecule has 0 aromatic heterocycles. The van der Waals surface area contributed by atoms with Gasteiger partial charge in [-0.1, -0.05) is 12.1 Å². The second-order valence-corrected chi connectivity index (χ2v) is 8.14. The lowest BCUT2D eigenvalue weighted by Gasteiger charge is -2.27. The third kappa shape index (κ3) is 3.83. The lowest BCUT2D eigenvalue weighted by atomic mass is 9.98. The van der Waals surface area contributed by atoms with Crippen molar-refractivity contribution in [2.45, 2.75) is 11.3 Å². The molecular weight excluding hydrogens is 385 g/mol. The number of ether oxygens (including phenoxy) is 3. The highest BCUT2D eigenvalue weighted by Crippen LogP contribution is 2.41. The normalized spacial score (nSPS) is 15.1. The van der Waals surface area contributed by atoms with E-state index in [0.29, 0.717) is 23.7 Å². The van der Waals surface area contributed by atoms with Gasteiger partial charge >= 0.3 is 0 Å². The Morgan fingerprint density at radius 3 is 2.18 bits per heavy atom. The molecule has 0 atom stereocenters. The lowest BCUT2D eigenvalue weighted by Crippen LogP contribution is -2.34. The van der Waals surface area contributed by atoms with Crippen molar-refractivity contribution in [2.24, 2.45) is 0 Å². The Kier molecular flexibility index (Phi) is 5.90. The predicted molar refractivity (Wildman–Crippen MR) is 104 cm³/mol. The Hall–Kier alpha value is -2.58. The minimum Gasteiger partial charge on any atom is -0.496 e. The molecule has 0 N–H and O–H groups in total. The van der Waals surface area contributed by atoms with Crippen molar-refractivity contribution in [3.8, 4) is 17.2 Å². The highest BCUT2D eigenvalue weighted by molar-refractivity contribution is 7.89. The maximum atomic E-state index is 13.4. The number of hydrogen-bond acceptors (Lipinski definition) is 5. The molecule has 1 heterocycles. The smallest absolute Gasteiger partial charge is 0.243 e. The third-order valence-corrected chi connectivity index (χ3v) is 6.50. The summed E-state index contributed by atoms with van der Waals surface area (Å²) in [6.45, 7) is 0.440. The van der Waals surface area contributed by atoms with Crippen LogP contribution in [0, 0.1) is 5.82 Å². The molecule has 0 aliphatic carbocycles. The maximum absolute atomic E-state index is 13.4. The first kappa shape index (κ1) is 20.2. The zero-order valence-corrected chi connectivity index (χ0v) is 16.8. The summed E-state index contributed by atoms with van der Waals surface area (Å²) in [6.07, 6.45) is 2.29. The first-order valence-electron chi connectivity index (χ1n) is 8.66. The van der Waals surface area contributed by atoms with Gasteiger partial charge in [-0.2, -0.15) is 4.31 Å². The number of hydrogen-bond donors (Lipinski definition) is 0. The van der Waals surface area contributed by atoms with Gasteiger partial charge in [0.1, 0.15) is 23.1 Å². The topological polar surface area (TPSA) is 65.1 Å². The van der Waals surface area contributed by atoms with Crippen LogP contribution in [0.2, 0.25) is 0 Å². The number of rotatable bonds is 6. The fraction of sp³-hybridized carbons (Fsp3) is 0.300. The fourth-order valence-corrected chi connectivity index (χ4v) is 4.61. The second kappa shape index (κ2) is 8.20. The summed E-state index contributed by atoms with van der Waals surface area (Å²) >= 11 is 0. The molecule has 3 rings (SSSR count). The van der Waals surface area contributed by atoms with Crippen LogP contribution in [0.15, 0.2) is 47.4 Å². The molecule has 0 saturated heterocycles. The van der Waals surface area contributed by atoms with Gasteiger partial charge in [0.15, 0.2) is 0 Å². The van der Waals surface area contributed by atoms with E-state index >= 15 is 0 Å². The number of halogens is 1. The second-order valence-electron chi connectivity index (χ2n) is 6.21. The molecular formula is C20H22FNO5S. The molecule has 1 aliphatic rings. The number of methoxy groups -OCH3 is 3. The van der Waals surface area contributed by atoms with E-state index < -0.39 is 15.8 Å². The van der Waals surface area contributed by atoms with Crippen molar-refractivity contribution in [1.29, 1.82) is 0 Å². The van der Waals surface area contributed by atoms with Crippen LogP contribution in [0.1, 0.15) is 12.0 Å². The molecule has 28 heavy (non-hydrogen) atoms. The van der Waals surface area contributed by atoms with Gasteiger partial charge in [0.05, 0.1) is 31.8 Å². The van der Waals surface area contributed by atoms with Crippen LogP contribution in [-0.4, -0.2) is 47.1 Å². The van der Waals surface area contributed by atoms with Crippen LogP contribution in [0.5, 0.6) is 17.2 Å². The van der Waals surface area contributed by atoms with Gasteiger partial charge in [0.25, 0.3) is 0 Å². The zero-order chi connectivity index (χ0) is 20.3. The van der Waals surface area contributed by atoms with Crippen molar-refractivity contribution in [3.05, 3.63) is 53.9 Å². The summed E-state index contributed by atoms with van der Waals surface area (Å²) in [5, 5.41) is 0. The number of sulfonamides is 1. The fourth-order valence-electron chi connectivity index (χ4n) is 3.19. The Labute approximate surface area is 164 Å². The molecule has 0 saturated carbocycles. The quantitative estimate of drug-likeness (QED) is 0.735. The van der Waals surface area contributed by atoms with Gasteiger partial charge in [-0.3, -0.25) is 0 Å². The Balaban J connectivity index is 1.92. The van der Waals surface area contributed by atoms with Gasteiger partial charge in [-0.05, 0) is 30.2 Å². The molecule has 0 spiro atoms. The maximum Gasteiger partial charge on any atom is 0.243 e. The van der Waals surface area contributed by atoms with E-state index in [-0.39, 0.29) is 18.0 Å². The van der Waals surface area contributed by atoms with Crippen LogP contribution in [0.25, 0.3) is 5.57 Å². The average Bonchev–Trinajstić information content (AvgIpc) is 2.72. The summed E-state index contributed by atoms with van der Waals surface area (Å²) in [5.41, 5.74) is 1.69. The Morgan fingerprint density at radius 2 is 1.68 bits per heavy atom. The summed E-state index contributed by atoms with van der Waals surface area (Å²) in [4.78, 5) is -0.0519.